The molecule has 0 saturated carbocycles. The zero-order valence-electron chi connectivity index (χ0n) is 31.4. The third-order valence-electron chi connectivity index (χ3n) is 5.98. The largest absolute Gasteiger partial charge is 0.522 e. The number of halogens is 3. The molecule has 3 aromatic carbocycles. The van der Waals surface area contributed by atoms with Gasteiger partial charge in [-0.2, -0.15) is 21.6 Å². The highest BCUT2D eigenvalue weighted by atomic mass is 32.2. The third-order valence-corrected chi connectivity index (χ3v) is 9.15. The molecule has 1 N–H and O–H groups in total. The van der Waals surface area contributed by atoms with Crippen LogP contribution in [0.4, 0.5) is 13.2 Å². The van der Waals surface area contributed by atoms with E-state index in [9.17, 15) is 13.2 Å². The van der Waals surface area contributed by atoms with Crippen LogP contribution in [-0.4, -0.2) is 55.1 Å². The number of benzene rings is 3. The van der Waals surface area contributed by atoms with Crippen molar-refractivity contribution in [1.29, 1.82) is 0 Å². The zero-order valence-corrected chi connectivity index (χ0v) is 33.1. The SMILES string of the molecule is CC(C)Oc1cc(OC(C)C)c(P(c2ccccc2)c2c(OC(C)C)cc(OC(C)C)cc2OC(C)C)c(OC(C)C)c1.O=S(=O)(O)C(F)(F)F. The fourth-order valence-electron chi connectivity index (χ4n) is 4.56. The van der Waals surface area contributed by atoms with Crippen molar-refractivity contribution in [1.82, 2.24) is 0 Å². The lowest BCUT2D eigenvalue weighted by atomic mass is 10.2. The second-order valence-electron chi connectivity index (χ2n) is 13.1. The maximum absolute atomic E-state index is 10.7. The summed E-state index contributed by atoms with van der Waals surface area (Å²) in [4.78, 5) is 0. The Morgan fingerprint density at radius 1 is 0.529 bits per heavy atom. The van der Waals surface area contributed by atoms with Gasteiger partial charge in [0.15, 0.2) is 0 Å². The fourth-order valence-corrected chi connectivity index (χ4v) is 7.12. The van der Waals surface area contributed by atoms with Gasteiger partial charge in [0.2, 0.25) is 0 Å². The van der Waals surface area contributed by atoms with Crippen molar-refractivity contribution in [2.45, 2.75) is 125 Å². The van der Waals surface area contributed by atoms with Crippen LogP contribution < -0.4 is 44.3 Å². The summed E-state index contributed by atoms with van der Waals surface area (Å²) < 4.78 is 96.3. The van der Waals surface area contributed by atoms with Crippen molar-refractivity contribution in [3.8, 4) is 34.5 Å². The molecule has 3 rings (SSSR count). The molecule has 0 amide bonds. The van der Waals surface area contributed by atoms with Crippen molar-refractivity contribution in [2.24, 2.45) is 0 Å². The first-order valence-corrected chi connectivity index (χ1v) is 19.5. The minimum Gasteiger partial charge on any atom is -0.491 e. The highest BCUT2D eigenvalue weighted by Gasteiger charge is 2.44. The smallest absolute Gasteiger partial charge is 0.491 e. The number of alkyl halides is 3. The first-order chi connectivity index (χ1) is 23.5. The molecule has 0 bridgehead atoms. The van der Waals surface area contributed by atoms with Crippen LogP contribution in [0.1, 0.15) is 83.1 Å². The topological polar surface area (TPSA) is 110 Å². The summed E-state index contributed by atoms with van der Waals surface area (Å²) in [5.41, 5.74) is -5.53. The molecule has 0 radical (unpaired) electrons. The van der Waals surface area contributed by atoms with E-state index in [1.54, 1.807) is 0 Å². The average Bonchev–Trinajstić information content (AvgIpc) is 2.93. The van der Waals surface area contributed by atoms with E-state index in [1.165, 1.54) is 0 Å². The highest BCUT2D eigenvalue weighted by Crippen LogP contribution is 2.49. The van der Waals surface area contributed by atoms with E-state index in [2.05, 4.69) is 24.3 Å². The normalized spacial score (nSPS) is 12.1. The lowest BCUT2D eigenvalue weighted by Gasteiger charge is -2.30. The molecule has 0 unspecified atom stereocenters. The van der Waals surface area contributed by atoms with Crippen LogP contribution in [0, 0.1) is 0 Å². The molecular formula is C37H52F3O9PS. The Hall–Kier alpha value is -3.41. The Labute approximate surface area is 302 Å². The summed E-state index contributed by atoms with van der Waals surface area (Å²) in [6, 6.07) is 18.4. The van der Waals surface area contributed by atoms with Gasteiger partial charge in [0.1, 0.15) is 34.5 Å². The van der Waals surface area contributed by atoms with E-state index in [4.69, 9.17) is 41.4 Å². The van der Waals surface area contributed by atoms with E-state index in [0.29, 0.717) is 34.5 Å². The molecule has 51 heavy (non-hydrogen) atoms. The van der Waals surface area contributed by atoms with Gasteiger partial charge in [-0.3, -0.25) is 4.55 Å². The summed E-state index contributed by atoms with van der Waals surface area (Å²) in [6.45, 7) is 24.3. The second kappa shape index (κ2) is 18.9. The van der Waals surface area contributed by atoms with Gasteiger partial charge < -0.3 is 28.4 Å². The van der Waals surface area contributed by atoms with Crippen LogP contribution in [0.3, 0.4) is 0 Å². The predicted octanol–water partition coefficient (Wildman–Crippen LogP) is 8.56. The number of ether oxygens (including phenoxy) is 6. The zero-order chi connectivity index (χ0) is 38.8. The second-order valence-corrected chi connectivity index (χ2v) is 16.6. The quantitative estimate of drug-likeness (QED) is 0.0926. The summed E-state index contributed by atoms with van der Waals surface area (Å²) in [6.07, 6.45) is -0.324. The molecule has 0 saturated heterocycles. The van der Waals surface area contributed by atoms with Gasteiger partial charge >= 0.3 is 15.6 Å². The van der Waals surface area contributed by atoms with E-state index in [0.717, 1.165) is 15.9 Å². The fraction of sp³-hybridized carbons (Fsp3) is 0.514. The highest BCUT2D eigenvalue weighted by molar-refractivity contribution is 7.86. The molecule has 0 aromatic heterocycles. The average molecular weight is 761 g/mol. The molecule has 0 atom stereocenters. The van der Waals surface area contributed by atoms with Gasteiger partial charge in [0, 0.05) is 32.2 Å². The Morgan fingerprint density at radius 3 is 1.00 bits per heavy atom. The Balaban J connectivity index is 0.00000100. The summed E-state index contributed by atoms with van der Waals surface area (Å²) >= 11 is 0. The molecule has 14 heteroatoms. The summed E-state index contributed by atoms with van der Waals surface area (Å²) in [5, 5.41) is 3.00. The van der Waals surface area contributed by atoms with Crippen molar-refractivity contribution >= 4 is 34.0 Å². The van der Waals surface area contributed by atoms with Crippen LogP contribution in [0.5, 0.6) is 34.5 Å². The van der Waals surface area contributed by atoms with Gasteiger partial charge in [-0.15, -0.1) is 0 Å². The standard InChI is InChI=1S/C36H51O6P.CHF3O3S/c1-22(2)37-28-18-31(39-24(5)6)35(32(19-28)40-25(7)8)43(30-16-14-13-15-17-30)36-33(41-26(9)10)20-29(38-23(3)4)21-34(36)42-27(11)12;2-1(3,4)8(5,6)7/h13-27H,1-12H3;(H,5,6,7). The minimum absolute atomic E-state index is 0.00845. The van der Waals surface area contributed by atoms with Crippen molar-refractivity contribution < 1.29 is 54.6 Å². The van der Waals surface area contributed by atoms with Crippen LogP contribution in [0.15, 0.2) is 54.6 Å². The van der Waals surface area contributed by atoms with Gasteiger partial charge in [-0.05, 0) is 88.4 Å². The van der Waals surface area contributed by atoms with Crippen LogP contribution in [0.25, 0.3) is 0 Å². The van der Waals surface area contributed by atoms with Crippen LogP contribution >= 0.6 is 7.92 Å². The van der Waals surface area contributed by atoms with Crippen molar-refractivity contribution in [3.05, 3.63) is 54.6 Å². The van der Waals surface area contributed by atoms with Crippen LogP contribution in [0.2, 0.25) is 0 Å². The number of rotatable bonds is 15. The monoisotopic (exact) mass is 760 g/mol. The van der Waals surface area contributed by atoms with E-state index in [-0.39, 0.29) is 36.6 Å². The lowest BCUT2D eigenvalue weighted by molar-refractivity contribution is -0.0510. The molecule has 9 nitrogen and oxygen atoms in total. The van der Waals surface area contributed by atoms with Crippen molar-refractivity contribution in [2.75, 3.05) is 0 Å². The first kappa shape index (κ1) is 43.8. The predicted molar refractivity (Wildman–Crippen MR) is 197 cm³/mol. The summed E-state index contributed by atoms with van der Waals surface area (Å²) in [5.74, 6) is 4.26. The Morgan fingerprint density at radius 2 is 0.784 bits per heavy atom. The first-order valence-electron chi connectivity index (χ1n) is 16.7. The van der Waals surface area contributed by atoms with E-state index < -0.39 is 23.5 Å². The molecule has 286 valence electrons. The van der Waals surface area contributed by atoms with Gasteiger partial charge in [-0.1, -0.05) is 30.3 Å². The van der Waals surface area contributed by atoms with Crippen molar-refractivity contribution in [3.63, 3.8) is 0 Å². The number of hydrogen-bond acceptors (Lipinski definition) is 8. The van der Waals surface area contributed by atoms with E-state index >= 15 is 0 Å². The lowest BCUT2D eigenvalue weighted by Crippen LogP contribution is -2.29. The van der Waals surface area contributed by atoms with Gasteiger partial charge in [0.05, 0.1) is 47.2 Å². The molecule has 0 heterocycles. The maximum atomic E-state index is 10.7. The van der Waals surface area contributed by atoms with Crippen LogP contribution in [-0.2, 0) is 10.1 Å². The molecule has 3 aromatic rings. The van der Waals surface area contributed by atoms with Gasteiger partial charge in [0.25, 0.3) is 0 Å². The molecular weight excluding hydrogens is 708 g/mol. The maximum Gasteiger partial charge on any atom is 0.522 e. The molecule has 0 fully saturated rings. The molecule has 0 aliphatic carbocycles. The Bertz CT molecular complexity index is 1500. The molecule has 0 aliphatic rings. The minimum atomic E-state index is -5.84. The summed E-state index contributed by atoms with van der Waals surface area (Å²) in [7, 11) is -7.17. The number of hydrogen-bond donors (Lipinski definition) is 1. The van der Waals surface area contributed by atoms with E-state index in [1.807, 2.05) is 113 Å². The Kier molecular flexibility index (Phi) is 16.2. The third kappa shape index (κ3) is 13.9. The molecule has 0 spiro atoms. The van der Waals surface area contributed by atoms with Gasteiger partial charge in [-0.25, -0.2) is 0 Å². The molecule has 0 aliphatic heterocycles.